The van der Waals surface area contributed by atoms with Crippen LogP contribution in [-0.2, 0) is 4.74 Å². The maximum atomic E-state index is 9.26. The largest absolute Gasteiger partial charge is 0.394 e. The second-order valence-electron chi connectivity index (χ2n) is 3.77. The van der Waals surface area contributed by atoms with E-state index in [2.05, 4.69) is 11.0 Å². The predicted molar refractivity (Wildman–Crippen MR) is 60.2 cm³/mol. The Kier molecular flexibility index (Phi) is 3.40. The summed E-state index contributed by atoms with van der Waals surface area (Å²) in [6, 6.07) is 9.54. The molecule has 1 aromatic carbocycles. The number of aliphatic hydroxyl groups excluding tert-OH is 1. The summed E-state index contributed by atoms with van der Waals surface area (Å²) >= 11 is 0. The van der Waals surface area contributed by atoms with Gasteiger partial charge in [-0.25, -0.2) is 0 Å². The molecule has 84 valence electrons. The Bertz CT molecular complexity index is 400. The van der Waals surface area contributed by atoms with Crippen molar-refractivity contribution in [3.8, 4) is 6.07 Å². The van der Waals surface area contributed by atoms with Gasteiger partial charge in [-0.3, -0.25) is 0 Å². The standard InChI is InChI=1S/C12H14N2O2/c13-7-10-2-1-3-11(6-10)14-4-5-16-9-12(14)8-15/h1-3,6,12,15H,4-5,8-9H2. The number of ether oxygens (including phenoxy) is 1. The summed E-state index contributed by atoms with van der Waals surface area (Å²) in [7, 11) is 0. The molecule has 1 heterocycles. The first-order valence-corrected chi connectivity index (χ1v) is 5.30. The molecule has 1 N–H and O–H groups in total. The van der Waals surface area contributed by atoms with Crippen molar-refractivity contribution in [2.75, 3.05) is 31.3 Å². The van der Waals surface area contributed by atoms with Crippen LogP contribution in [0.25, 0.3) is 0 Å². The van der Waals surface area contributed by atoms with Crippen LogP contribution in [0.3, 0.4) is 0 Å². The number of hydrogen-bond donors (Lipinski definition) is 1. The maximum Gasteiger partial charge on any atom is 0.0992 e. The van der Waals surface area contributed by atoms with Gasteiger partial charge in [0, 0.05) is 12.2 Å². The maximum absolute atomic E-state index is 9.26. The van der Waals surface area contributed by atoms with Crippen molar-refractivity contribution in [3.63, 3.8) is 0 Å². The van der Waals surface area contributed by atoms with Crippen LogP contribution in [-0.4, -0.2) is 37.5 Å². The molecule has 1 unspecified atom stereocenters. The second-order valence-corrected chi connectivity index (χ2v) is 3.77. The monoisotopic (exact) mass is 218 g/mol. The van der Waals surface area contributed by atoms with Gasteiger partial charge in [0.25, 0.3) is 0 Å². The average Bonchev–Trinajstić information content (AvgIpc) is 2.38. The number of benzene rings is 1. The zero-order valence-electron chi connectivity index (χ0n) is 8.97. The van der Waals surface area contributed by atoms with Gasteiger partial charge in [0.1, 0.15) is 0 Å². The summed E-state index contributed by atoms with van der Waals surface area (Å²) in [5, 5.41) is 18.1. The molecule has 0 amide bonds. The Morgan fingerprint density at radius 2 is 2.44 bits per heavy atom. The number of anilines is 1. The summed E-state index contributed by atoms with van der Waals surface area (Å²) in [4.78, 5) is 2.09. The zero-order valence-corrected chi connectivity index (χ0v) is 8.97. The molecule has 0 saturated carbocycles. The number of rotatable bonds is 2. The van der Waals surface area contributed by atoms with Gasteiger partial charge in [0.05, 0.1) is 37.5 Å². The molecule has 2 rings (SSSR count). The van der Waals surface area contributed by atoms with Crippen LogP contribution in [0.2, 0.25) is 0 Å². The van der Waals surface area contributed by atoms with Crippen LogP contribution in [0, 0.1) is 11.3 Å². The molecule has 1 aliphatic rings. The van der Waals surface area contributed by atoms with Crippen molar-refractivity contribution >= 4 is 5.69 Å². The van der Waals surface area contributed by atoms with Gasteiger partial charge in [-0.2, -0.15) is 5.26 Å². The fraction of sp³-hybridized carbons (Fsp3) is 0.417. The van der Waals surface area contributed by atoms with Crippen molar-refractivity contribution < 1.29 is 9.84 Å². The first kappa shape index (κ1) is 10.9. The number of nitrogens with zero attached hydrogens (tertiary/aromatic N) is 2. The third-order valence-electron chi connectivity index (χ3n) is 2.75. The molecular weight excluding hydrogens is 204 g/mol. The molecule has 1 fully saturated rings. The lowest BCUT2D eigenvalue weighted by molar-refractivity contribution is 0.0727. The summed E-state index contributed by atoms with van der Waals surface area (Å²) < 4.78 is 5.31. The summed E-state index contributed by atoms with van der Waals surface area (Å²) in [5.74, 6) is 0. The highest BCUT2D eigenvalue weighted by Gasteiger charge is 2.22. The molecular formula is C12H14N2O2. The van der Waals surface area contributed by atoms with Crippen LogP contribution in [0.4, 0.5) is 5.69 Å². The van der Waals surface area contributed by atoms with Crippen LogP contribution in [0.15, 0.2) is 24.3 Å². The highest BCUT2D eigenvalue weighted by Crippen LogP contribution is 2.20. The molecule has 4 heteroatoms. The number of morpholine rings is 1. The van der Waals surface area contributed by atoms with E-state index in [1.807, 2.05) is 18.2 Å². The van der Waals surface area contributed by atoms with Crippen LogP contribution in [0.1, 0.15) is 5.56 Å². The van der Waals surface area contributed by atoms with Gasteiger partial charge in [-0.1, -0.05) is 6.07 Å². The normalized spacial score (nSPS) is 20.5. The minimum Gasteiger partial charge on any atom is -0.394 e. The van der Waals surface area contributed by atoms with Gasteiger partial charge in [-0.05, 0) is 18.2 Å². The lowest BCUT2D eigenvalue weighted by Gasteiger charge is -2.36. The first-order chi connectivity index (χ1) is 7.85. The predicted octanol–water partition coefficient (Wildman–Crippen LogP) is 0.756. The van der Waals surface area contributed by atoms with E-state index in [0.29, 0.717) is 18.8 Å². The highest BCUT2D eigenvalue weighted by atomic mass is 16.5. The second kappa shape index (κ2) is 4.97. The summed E-state index contributed by atoms with van der Waals surface area (Å²) in [6.07, 6.45) is 0. The fourth-order valence-corrected chi connectivity index (χ4v) is 1.90. The summed E-state index contributed by atoms with van der Waals surface area (Å²) in [5.41, 5.74) is 1.61. The van der Waals surface area contributed by atoms with E-state index in [9.17, 15) is 5.11 Å². The Labute approximate surface area is 94.7 Å². The molecule has 16 heavy (non-hydrogen) atoms. The van der Waals surface area contributed by atoms with E-state index in [1.54, 1.807) is 6.07 Å². The van der Waals surface area contributed by atoms with Crippen molar-refractivity contribution in [2.24, 2.45) is 0 Å². The van der Waals surface area contributed by atoms with E-state index >= 15 is 0 Å². The van der Waals surface area contributed by atoms with Crippen LogP contribution in [0.5, 0.6) is 0 Å². The van der Waals surface area contributed by atoms with E-state index in [-0.39, 0.29) is 12.6 Å². The quantitative estimate of drug-likeness (QED) is 0.796. The van der Waals surface area contributed by atoms with Crippen molar-refractivity contribution in [3.05, 3.63) is 29.8 Å². The molecule has 1 aromatic rings. The molecule has 1 atom stereocenters. The Balaban J connectivity index is 2.24. The SMILES string of the molecule is N#Cc1cccc(N2CCOCC2CO)c1. The number of aliphatic hydroxyl groups is 1. The fourth-order valence-electron chi connectivity index (χ4n) is 1.90. The van der Waals surface area contributed by atoms with Crippen LogP contribution < -0.4 is 4.90 Å². The molecule has 1 aliphatic heterocycles. The Morgan fingerprint density at radius 1 is 1.56 bits per heavy atom. The van der Waals surface area contributed by atoms with E-state index < -0.39 is 0 Å². The number of nitriles is 1. The highest BCUT2D eigenvalue weighted by molar-refractivity contribution is 5.52. The minimum atomic E-state index is -0.0114. The topological polar surface area (TPSA) is 56.5 Å². The third kappa shape index (κ3) is 2.16. The Morgan fingerprint density at radius 3 is 3.19 bits per heavy atom. The molecule has 1 saturated heterocycles. The Hall–Kier alpha value is -1.57. The van der Waals surface area contributed by atoms with Crippen molar-refractivity contribution in [2.45, 2.75) is 6.04 Å². The van der Waals surface area contributed by atoms with E-state index in [4.69, 9.17) is 10.00 Å². The molecule has 0 aromatic heterocycles. The van der Waals surface area contributed by atoms with Gasteiger partial charge >= 0.3 is 0 Å². The zero-order chi connectivity index (χ0) is 11.4. The van der Waals surface area contributed by atoms with Gasteiger partial charge in [0.2, 0.25) is 0 Å². The lowest BCUT2D eigenvalue weighted by Crippen LogP contribution is -2.47. The van der Waals surface area contributed by atoms with Gasteiger partial charge in [0.15, 0.2) is 0 Å². The van der Waals surface area contributed by atoms with E-state index in [0.717, 1.165) is 12.2 Å². The van der Waals surface area contributed by atoms with Crippen molar-refractivity contribution in [1.29, 1.82) is 5.26 Å². The third-order valence-corrected chi connectivity index (χ3v) is 2.75. The molecule has 0 radical (unpaired) electrons. The van der Waals surface area contributed by atoms with E-state index in [1.165, 1.54) is 0 Å². The van der Waals surface area contributed by atoms with Crippen molar-refractivity contribution in [1.82, 2.24) is 0 Å². The first-order valence-electron chi connectivity index (χ1n) is 5.30. The molecule has 0 aliphatic carbocycles. The smallest absolute Gasteiger partial charge is 0.0992 e. The minimum absolute atomic E-state index is 0.0114. The molecule has 0 spiro atoms. The lowest BCUT2D eigenvalue weighted by atomic mass is 10.1. The van der Waals surface area contributed by atoms with Crippen LogP contribution >= 0.6 is 0 Å². The molecule has 0 bridgehead atoms. The van der Waals surface area contributed by atoms with Gasteiger partial charge < -0.3 is 14.7 Å². The average molecular weight is 218 g/mol. The number of hydrogen-bond acceptors (Lipinski definition) is 4. The summed E-state index contributed by atoms with van der Waals surface area (Å²) in [6.45, 7) is 2.01. The molecule has 4 nitrogen and oxygen atoms in total. The van der Waals surface area contributed by atoms with Gasteiger partial charge in [-0.15, -0.1) is 0 Å².